The Morgan fingerprint density at radius 3 is 2.71 bits per heavy atom. The molecule has 0 spiro atoms. The van der Waals surface area contributed by atoms with Gasteiger partial charge < -0.3 is 10.6 Å². The Morgan fingerprint density at radius 2 is 2.21 bits per heavy atom. The van der Waals surface area contributed by atoms with Gasteiger partial charge in [-0.3, -0.25) is 0 Å². The molecule has 1 saturated heterocycles. The van der Waals surface area contributed by atoms with Crippen LogP contribution in [0.3, 0.4) is 0 Å². The molecule has 2 unspecified atom stereocenters. The van der Waals surface area contributed by atoms with Gasteiger partial charge in [0, 0.05) is 18.1 Å². The molecule has 1 aliphatic heterocycles. The van der Waals surface area contributed by atoms with Crippen LogP contribution in [0.5, 0.6) is 0 Å². The first-order valence-corrected chi connectivity index (χ1v) is 6.21. The molecule has 0 radical (unpaired) electrons. The summed E-state index contributed by atoms with van der Waals surface area (Å²) >= 11 is 0. The SMILES string of the molecule is CCCC1(CNC(C)CC)CCCN1. The lowest BCUT2D eigenvalue weighted by atomic mass is 9.91. The standard InChI is InChI=1S/C12H26N2/c1-4-7-12(8-6-9-14-12)10-13-11(3)5-2/h11,13-14H,4-10H2,1-3H3. The van der Waals surface area contributed by atoms with E-state index >= 15 is 0 Å². The normalized spacial score (nSPS) is 29.4. The van der Waals surface area contributed by atoms with E-state index in [0.29, 0.717) is 11.6 Å². The minimum atomic E-state index is 0.415. The molecule has 1 aliphatic rings. The Balaban J connectivity index is 2.35. The van der Waals surface area contributed by atoms with Crippen LogP contribution in [0.4, 0.5) is 0 Å². The van der Waals surface area contributed by atoms with E-state index in [0.717, 1.165) is 6.54 Å². The zero-order valence-electron chi connectivity index (χ0n) is 10.0. The minimum Gasteiger partial charge on any atom is -0.312 e. The van der Waals surface area contributed by atoms with Crippen LogP contribution in [-0.4, -0.2) is 24.7 Å². The average Bonchev–Trinajstić information content (AvgIpc) is 2.64. The smallest absolute Gasteiger partial charge is 0.0306 e. The van der Waals surface area contributed by atoms with Gasteiger partial charge in [0.2, 0.25) is 0 Å². The van der Waals surface area contributed by atoms with Crippen molar-refractivity contribution in [1.82, 2.24) is 10.6 Å². The summed E-state index contributed by atoms with van der Waals surface area (Å²) in [6.45, 7) is 9.16. The Labute approximate surface area is 88.8 Å². The van der Waals surface area contributed by atoms with E-state index in [9.17, 15) is 0 Å². The summed E-state index contributed by atoms with van der Waals surface area (Å²) < 4.78 is 0. The topological polar surface area (TPSA) is 24.1 Å². The van der Waals surface area contributed by atoms with Gasteiger partial charge in [0.15, 0.2) is 0 Å². The highest BCUT2D eigenvalue weighted by Crippen LogP contribution is 2.23. The molecule has 0 aromatic rings. The van der Waals surface area contributed by atoms with Gasteiger partial charge in [-0.2, -0.15) is 0 Å². The fourth-order valence-electron chi connectivity index (χ4n) is 2.31. The molecule has 2 heteroatoms. The van der Waals surface area contributed by atoms with Gasteiger partial charge in [0.1, 0.15) is 0 Å². The highest BCUT2D eigenvalue weighted by atomic mass is 15.1. The first-order chi connectivity index (χ1) is 6.72. The molecule has 2 N–H and O–H groups in total. The molecule has 14 heavy (non-hydrogen) atoms. The molecule has 0 saturated carbocycles. The summed E-state index contributed by atoms with van der Waals surface area (Å²) in [6, 6.07) is 0.658. The molecule has 2 nitrogen and oxygen atoms in total. The van der Waals surface area contributed by atoms with Crippen LogP contribution in [-0.2, 0) is 0 Å². The van der Waals surface area contributed by atoms with Crippen LogP contribution in [0.15, 0.2) is 0 Å². The van der Waals surface area contributed by atoms with E-state index < -0.39 is 0 Å². The second-order valence-corrected chi connectivity index (χ2v) is 4.75. The van der Waals surface area contributed by atoms with Crippen molar-refractivity contribution >= 4 is 0 Å². The summed E-state index contributed by atoms with van der Waals surface area (Å²) in [6.07, 6.45) is 6.53. The molecule has 1 heterocycles. The zero-order chi connectivity index (χ0) is 10.4. The lowest BCUT2D eigenvalue weighted by molar-refractivity contribution is 0.310. The van der Waals surface area contributed by atoms with Crippen molar-refractivity contribution in [1.29, 1.82) is 0 Å². The van der Waals surface area contributed by atoms with Gasteiger partial charge in [-0.25, -0.2) is 0 Å². The third-order valence-corrected chi connectivity index (χ3v) is 3.46. The van der Waals surface area contributed by atoms with Crippen molar-refractivity contribution in [3.63, 3.8) is 0 Å². The summed E-state index contributed by atoms with van der Waals surface area (Å²) in [4.78, 5) is 0. The third-order valence-electron chi connectivity index (χ3n) is 3.46. The lowest BCUT2D eigenvalue weighted by Gasteiger charge is -2.31. The van der Waals surface area contributed by atoms with E-state index in [4.69, 9.17) is 0 Å². The van der Waals surface area contributed by atoms with E-state index in [1.807, 2.05) is 0 Å². The van der Waals surface area contributed by atoms with Crippen LogP contribution in [0, 0.1) is 0 Å². The second-order valence-electron chi connectivity index (χ2n) is 4.75. The predicted molar refractivity (Wildman–Crippen MR) is 62.6 cm³/mol. The molecule has 0 aromatic carbocycles. The highest BCUT2D eigenvalue weighted by molar-refractivity contribution is 4.94. The maximum atomic E-state index is 3.69. The monoisotopic (exact) mass is 198 g/mol. The maximum Gasteiger partial charge on any atom is 0.0306 e. The maximum absolute atomic E-state index is 3.69. The Hall–Kier alpha value is -0.0800. The molecule has 0 amide bonds. The lowest BCUT2D eigenvalue weighted by Crippen LogP contribution is -2.50. The molecule has 0 aliphatic carbocycles. The molecule has 0 bridgehead atoms. The van der Waals surface area contributed by atoms with Crippen LogP contribution < -0.4 is 10.6 Å². The van der Waals surface area contributed by atoms with E-state index in [2.05, 4.69) is 31.4 Å². The number of hydrogen-bond donors (Lipinski definition) is 2. The molecular formula is C12H26N2. The van der Waals surface area contributed by atoms with Crippen molar-refractivity contribution in [3.8, 4) is 0 Å². The largest absolute Gasteiger partial charge is 0.312 e. The Morgan fingerprint density at radius 1 is 1.43 bits per heavy atom. The van der Waals surface area contributed by atoms with Gasteiger partial charge >= 0.3 is 0 Å². The molecule has 1 fully saturated rings. The van der Waals surface area contributed by atoms with Crippen LogP contribution in [0.25, 0.3) is 0 Å². The first-order valence-electron chi connectivity index (χ1n) is 6.21. The zero-order valence-corrected chi connectivity index (χ0v) is 10.0. The quantitative estimate of drug-likeness (QED) is 0.684. The van der Waals surface area contributed by atoms with Gasteiger partial charge in [-0.1, -0.05) is 20.3 Å². The van der Waals surface area contributed by atoms with Crippen molar-refractivity contribution in [2.75, 3.05) is 13.1 Å². The molecule has 84 valence electrons. The summed E-state index contributed by atoms with van der Waals surface area (Å²) in [7, 11) is 0. The molecule has 0 aromatic heterocycles. The summed E-state index contributed by atoms with van der Waals surface area (Å²) in [5, 5.41) is 7.33. The van der Waals surface area contributed by atoms with Gasteiger partial charge in [-0.15, -0.1) is 0 Å². The molecular weight excluding hydrogens is 172 g/mol. The van der Waals surface area contributed by atoms with Crippen LogP contribution >= 0.6 is 0 Å². The van der Waals surface area contributed by atoms with Crippen molar-refractivity contribution in [2.45, 2.75) is 64.5 Å². The minimum absolute atomic E-state index is 0.415. The van der Waals surface area contributed by atoms with Crippen LogP contribution in [0.2, 0.25) is 0 Å². The molecule has 1 rings (SSSR count). The number of hydrogen-bond acceptors (Lipinski definition) is 2. The van der Waals surface area contributed by atoms with Crippen LogP contribution in [0.1, 0.15) is 52.9 Å². The number of rotatable bonds is 6. The van der Waals surface area contributed by atoms with Crippen molar-refractivity contribution < 1.29 is 0 Å². The first kappa shape index (κ1) is 12.0. The van der Waals surface area contributed by atoms with Crippen molar-refractivity contribution in [2.24, 2.45) is 0 Å². The number of nitrogens with one attached hydrogen (secondary N) is 2. The summed E-state index contributed by atoms with van der Waals surface area (Å²) in [5.41, 5.74) is 0.415. The fourth-order valence-corrected chi connectivity index (χ4v) is 2.31. The highest BCUT2D eigenvalue weighted by Gasteiger charge is 2.31. The molecule has 2 atom stereocenters. The Bertz CT molecular complexity index is 150. The van der Waals surface area contributed by atoms with Gasteiger partial charge in [-0.05, 0) is 39.2 Å². The fraction of sp³-hybridized carbons (Fsp3) is 1.00. The van der Waals surface area contributed by atoms with E-state index in [1.165, 1.54) is 38.6 Å². The van der Waals surface area contributed by atoms with Gasteiger partial charge in [0.25, 0.3) is 0 Å². The second kappa shape index (κ2) is 5.72. The Kier molecular flexibility index (Phi) is 4.90. The van der Waals surface area contributed by atoms with E-state index in [-0.39, 0.29) is 0 Å². The third kappa shape index (κ3) is 3.25. The van der Waals surface area contributed by atoms with Crippen molar-refractivity contribution in [3.05, 3.63) is 0 Å². The average molecular weight is 198 g/mol. The van der Waals surface area contributed by atoms with E-state index in [1.54, 1.807) is 0 Å². The predicted octanol–water partition coefficient (Wildman–Crippen LogP) is 2.30. The van der Waals surface area contributed by atoms with Gasteiger partial charge in [0.05, 0.1) is 0 Å². The summed E-state index contributed by atoms with van der Waals surface area (Å²) in [5.74, 6) is 0.